The van der Waals surface area contributed by atoms with Crippen molar-refractivity contribution in [2.45, 2.75) is 24.8 Å². The fourth-order valence-electron chi connectivity index (χ4n) is 2.30. The van der Waals surface area contributed by atoms with E-state index in [2.05, 4.69) is 5.32 Å². The van der Waals surface area contributed by atoms with E-state index < -0.39 is 11.5 Å². The number of carboxylic acid groups (broad SMARTS) is 1. The third-order valence-electron chi connectivity index (χ3n) is 3.27. The van der Waals surface area contributed by atoms with Gasteiger partial charge in [0.1, 0.15) is 5.54 Å². The van der Waals surface area contributed by atoms with Gasteiger partial charge in [-0.2, -0.15) is 0 Å². The molecule has 2 N–H and O–H groups in total. The molecule has 15 heavy (non-hydrogen) atoms. The van der Waals surface area contributed by atoms with E-state index in [9.17, 15) is 9.90 Å². The molecule has 0 aromatic heterocycles. The van der Waals surface area contributed by atoms with E-state index in [1.54, 1.807) is 6.92 Å². The molecule has 0 aliphatic carbocycles. The Balaban J connectivity index is 2.34. The van der Waals surface area contributed by atoms with Gasteiger partial charge in [0.15, 0.2) is 0 Å². The third-order valence-corrected chi connectivity index (χ3v) is 3.27. The van der Waals surface area contributed by atoms with Crippen molar-refractivity contribution < 1.29 is 9.90 Å². The Hall–Kier alpha value is -1.35. The number of nitrogens with one attached hydrogen (secondary N) is 1. The summed E-state index contributed by atoms with van der Waals surface area (Å²) < 4.78 is 0. The van der Waals surface area contributed by atoms with E-state index in [0.717, 1.165) is 18.5 Å². The predicted octanol–water partition coefficient (Wildman–Crippen LogP) is 1.61. The maximum atomic E-state index is 11.2. The van der Waals surface area contributed by atoms with Crippen molar-refractivity contribution >= 4 is 5.97 Å². The number of carbonyl (C=O) groups is 1. The molecule has 0 spiro atoms. The molecule has 80 valence electrons. The highest BCUT2D eigenvalue weighted by atomic mass is 16.4. The first-order chi connectivity index (χ1) is 7.14. The Morgan fingerprint density at radius 1 is 1.47 bits per heavy atom. The number of carboxylic acids is 1. The average molecular weight is 205 g/mol. The molecule has 0 amide bonds. The normalized spacial score (nSPS) is 30.3. The molecular weight excluding hydrogens is 190 g/mol. The molecule has 3 nitrogen and oxygen atoms in total. The molecule has 0 radical (unpaired) electrons. The highest BCUT2D eigenvalue weighted by Gasteiger charge is 2.45. The molecule has 2 atom stereocenters. The second-order valence-corrected chi connectivity index (χ2v) is 4.19. The first-order valence-electron chi connectivity index (χ1n) is 5.18. The van der Waals surface area contributed by atoms with Crippen molar-refractivity contribution in [1.82, 2.24) is 5.32 Å². The van der Waals surface area contributed by atoms with E-state index in [0.29, 0.717) is 0 Å². The van der Waals surface area contributed by atoms with Crippen molar-refractivity contribution in [2.24, 2.45) is 0 Å². The van der Waals surface area contributed by atoms with Crippen LogP contribution in [0.2, 0.25) is 0 Å². The lowest BCUT2D eigenvalue weighted by Crippen LogP contribution is -2.48. The van der Waals surface area contributed by atoms with Gasteiger partial charge in [-0.05, 0) is 25.5 Å². The van der Waals surface area contributed by atoms with E-state index in [4.69, 9.17) is 0 Å². The largest absolute Gasteiger partial charge is 0.480 e. The van der Waals surface area contributed by atoms with Crippen LogP contribution < -0.4 is 5.32 Å². The molecule has 0 bridgehead atoms. The predicted molar refractivity (Wildman–Crippen MR) is 57.8 cm³/mol. The summed E-state index contributed by atoms with van der Waals surface area (Å²) in [6, 6.07) is 9.85. The van der Waals surface area contributed by atoms with E-state index in [1.165, 1.54) is 0 Å². The van der Waals surface area contributed by atoms with Gasteiger partial charge in [0.25, 0.3) is 0 Å². The van der Waals surface area contributed by atoms with Gasteiger partial charge in [-0.1, -0.05) is 30.3 Å². The van der Waals surface area contributed by atoms with Crippen LogP contribution >= 0.6 is 0 Å². The monoisotopic (exact) mass is 205 g/mol. The van der Waals surface area contributed by atoms with Crippen LogP contribution in [0, 0.1) is 0 Å². The highest BCUT2D eigenvalue weighted by molar-refractivity contribution is 5.80. The summed E-state index contributed by atoms with van der Waals surface area (Å²) >= 11 is 0. The highest BCUT2D eigenvalue weighted by Crippen LogP contribution is 2.35. The third kappa shape index (κ3) is 1.63. The van der Waals surface area contributed by atoms with Gasteiger partial charge in [0, 0.05) is 5.92 Å². The standard InChI is InChI=1S/C12H15NO2/c1-12(11(14)15)10(7-8-13-12)9-5-3-2-4-6-9/h2-6,10,13H,7-8H2,1H3,(H,14,15)/t10-,12+/m0/s1. The molecule has 1 aliphatic rings. The zero-order valence-electron chi connectivity index (χ0n) is 8.73. The molecule has 1 heterocycles. The molecule has 3 heteroatoms. The van der Waals surface area contributed by atoms with E-state index >= 15 is 0 Å². The summed E-state index contributed by atoms with van der Waals surface area (Å²) in [4.78, 5) is 11.2. The van der Waals surface area contributed by atoms with Crippen LogP contribution in [0.3, 0.4) is 0 Å². The Labute approximate surface area is 89.1 Å². The molecule has 2 rings (SSSR count). The molecule has 0 unspecified atom stereocenters. The number of rotatable bonds is 2. The lowest BCUT2D eigenvalue weighted by atomic mass is 9.82. The summed E-state index contributed by atoms with van der Waals surface area (Å²) in [5.74, 6) is -0.704. The van der Waals surface area contributed by atoms with Crippen molar-refractivity contribution in [3.63, 3.8) is 0 Å². The van der Waals surface area contributed by atoms with Gasteiger partial charge >= 0.3 is 5.97 Å². The summed E-state index contributed by atoms with van der Waals surface area (Å²) in [5.41, 5.74) is 0.286. The van der Waals surface area contributed by atoms with Crippen molar-refractivity contribution in [3.05, 3.63) is 35.9 Å². The van der Waals surface area contributed by atoms with Crippen molar-refractivity contribution in [3.8, 4) is 0 Å². The molecule has 1 aromatic carbocycles. The Morgan fingerprint density at radius 2 is 2.13 bits per heavy atom. The molecule has 1 aromatic rings. The minimum atomic E-state index is -0.818. The molecule has 1 fully saturated rings. The van der Waals surface area contributed by atoms with Gasteiger partial charge in [0.05, 0.1) is 0 Å². The zero-order valence-corrected chi connectivity index (χ0v) is 8.73. The average Bonchev–Trinajstić information content (AvgIpc) is 2.63. The second kappa shape index (κ2) is 3.66. The van der Waals surface area contributed by atoms with Gasteiger partial charge in [0.2, 0.25) is 0 Å². The van der Waals surface area contributed by atoms with Gasteiger partial charge < -0.3 is 10.4 Å². The lowest BCUT2D eigenvalue weighted by Gasteiger charge is -2.27. The lowest BCUT2D eigenvalue weighted by molar-refractivity contribution is -0.144. The van der Waals surface area contributed by atoms with Crippen LogP contribution in [-0.2, 0) is 4.79 Å². The smallest absolute Gasteiger partial charge is 0.324 e. The SMILES string of the molecule is C[C@@]1(C(=O)O)NCC[C@H]1c1ccccc1. The minimum Gasteiger partial charge on any atom is -0.480 e. The van der Waals surface area contributed by atoms with E-state index in [-0.39, 0.29) is 5.92 Å². The summed E-state index contributed by atoms with van der Waals surface area (Å²) in [7, 11) is 0. The van der Waals surface area contributed by atoms with Crippen LogP contribution in [-0.4, -0.2) is 23.2 Å². The number of aliphatic carboxylic acids is 1. The Morgan fingerprint density at radius 3 is 2.73 bits per heavy atom. The number of hydrogen-bond acceptors (Lipinski definition) is 2. The van der Waals surface area contributed by atoms with Gasteiger partial charge in [-0.25, -0.2) is 0 Å². The summed E-state index contributed by atoms with van der Waals surface area (Å²) in [6.07, 6.45) is 0.882. The molecule has 1 saturated heterocycles. The zero-order chi connectivity index (χ0) is 10.9. The maximum absolute atomic E-state index is 11.2. The fraction of sp³-hybridized carbons (Fsp3) is 0.417. The summed E-state index contributed by atoms with van der Waals surface area (Å²) in [6.45, 7) is 2.53. The summed E-state index contributed by atoms with van der Waals surface area (Å²) in [5, 5.41) is 12.3. The molecule has 0 saturated carbocycles. The number of benzene rings is 1. The van der Waals surface area contributed by atoms with Crippen molar-refractivity contribution in [2.75, 3.05) is 6.54 Å². The van der Waals surface area contributed by atoms with Gasteiger partial charge in [-0.3, -0.25) is 4.79 Å². The van der Waals surface area contributed by atoms with Crippen LogP contribution in [0.25, 0.3) is 0 Å². The Kier molecular flexibility index (Phi) is 2.49. The quantitative estimate of drug-likeness (QED) is 0.771. The molecule has 1 aliphatic heterocycles. The Bertz CT molecular complexity index is 363. The molecular formula is C12H15NO2. The number of hydrogen-bond donors (Lipinski definition) is 2. The maximum Gasteiger partial charge on any atom is 0.324 e. The minimum absolute atomic E-state index is 0.0659. The first-order valence-corrected chi connectivity index (χ1v) is 5.18. The van der Waals surface area contributed by atoms with Crippen LogP contribution in [0.5, 0.6) is 0 Å². The topological polar surface area (TPSA) is 49.3 Å². The first kappa shape index (κ1) is 10.2. The van der Waals surface area contributed by atoms with Crippen LogP contribution in [0.15, 0.2) is 30.3 Å². The fourth-order valence-corrected chi connectivity index (χ4v) is 2.30. The van der Waals surface area contributed by atoms with E-state index in [1.807, 2.05) is 30.3 Å². The second-order valence-electron chi connectivity index (χ2n) is 4.19. The van der Waals surface area contributed by atoms with Crippen LogP contribution in [0.1, 0.15) is 24.8 Å². The van der Waals surface area contributed by atoms with Gasteiger partial charge in [-0.15, -0.1) is 0 Å². The van der Waals surface area contributed by atoms with Crippen molar-refractivity contribution in [1.29, 1.82) is 0 Å². The van der Waals surface area contributed by atoms with Crippen LogP contribution in [0.4, 0.5) is 0 Å².